The van der Waals surface area contributed by atoms with Crippen molar-refractivity contribution in [3.8, 4) is 0 Å². The number of amides is 1. The second-order valence-electron chi connectivity index (χ2n) is 7.74. The Morgan fingerprint density at radius 2 is 1.71 bits per heavy atom. The van der Waals surface area contributed by atoms with Crippen molar-refractivity contribution in [3.05, 3.63) is 94.3 Å². The average molecular weight is 494 g/mol. The largest absolute Gasteiger partial charge is 0.349 e. The molecule has 0 aliphatic carbocycles. The topological polar surface area (TPSA) is 136 Å². The van der Waals surface area contributed by atoms with Gasteiger partial charge in [-0.15, -0.1) is 0 Å². The molecule has 11 heteroatoms. The Labute approximate surface area is 201 Å². The van der Waals surface area contributed by atoms with Crippen LogP contribution in [0.5, 0.6) is 0 Å². The van der Waals surface area contributed by atoms with E-state index in [0.29, 0.717) is 5.56 Å². The number of sulfonamides is 1. The predicted molar refractivity (Wildman–Crippen MR) is 131 cm³/mol. The molecule has 0 radical (unpaired) electrons. The number of aryl methyl sites for hydroxylation is 1. The van der Waals surface area contributed by atoms with Crippen LogP contribution in [0.25, 0.3) is 11.0 Å². The Morgan fingerprint density at radius 1 is 1.03 bits per heavy atom. The van der Waals surface area contributed by atoms with E-state index in [4.69, 9.17) is 0 Å². The molecule has 10 nitrogen and oxygen atoms in total. The van der Waals surface area contributed by atoms with Crippen molar-refractivity contribution in [1.82, 2.24) is 14.9 Å². The molecule has 3 aromatic carbocycles. The van der Waals surface area contributed by atoms with Crippen LogP contribution < -0.4 is 10.0 Å². The van der Waals surface area contributed by atoms with Crippen LogP contribution in [0.3, 0.4) is 0 Å². The van der Waals surface area contributed by atoms with Crippen LogP contribution in [0.15, 0.2) is 77.7 Å². The molecule has 0 bridgehead atoms. The van der Waals surface area contributed by atoms with E-state index in [1.165, 1.54) is 30.3 Å². The van der Waals surface area contributed by atoms with Crippen LogP contribution in [0.2, 0.25) is 0 Å². The summed E-state index contributed by atoms with van der Waals surface area (Å²) < 4.78 is 29.7. The van der Waals surface area contributed by atoms with E-state index in [1.807, 2.05) is 35.8 Å². The molecule has 0 unspecified atom stereocenters. The Balaban J connectivity index is 1.39. The number of rotatable bonds is 9. The highest BCUT2D eigenvalue weighted by Crippen LogP contribution is 2.25. The molecule has 4 rings (SSSR count). The van der Waals surface area contributed by atoms with E-state index in [0.717, 1.165) is 29.5 Å². The first kappa shape index (κ1) is 23.9. The number of aromatic nitrogens is 2. The highest BCUT2D eigenvalue weighted by Gasteiger charge is 2.25. The molecule has 0 aliphatic rings. The Kier molecular flexibility index (Phi) is 6.78. The van der Waals surface area contributed by atoms with Gasteiger partial charge in [0.05, 0.1) is 28.9 Å². The third-order valence-electron chi connectivity index (χ3n) is 5.42. The first-order chi connectivity index (χ1) is 16.8. The summed E-state index contributed by atoms with van der Waals surface area (Å²) in [6.45, 7) is 3.04. The minimum atomic E-state index is -4.16. The fourth-order valence-corrected chi connectivity index (χ4v) is 5.01. The molecule has 2 N–H and O–H groups in total. The van der Waals surface area contributed by atoms with Crippen LogP contribution >= 0.6 is 0 Å². The lowest BCUT2D eigenvalue weighted by Crippen LogP contribution is -2.26. The Bertz CT molecular complexity index is 1500. The minimum Gasteiger partial charge on any atom is -0.349 e. The van der Waals surface area contributed by atoms with Gasteiger partial charge in [0.25, 0.3) is 15.7 Å². The molecule has 0 fully saturated rings. The molecule has 0 spiro atoms. The molecule has 1 aromatic heterocycles. The number of para-hydroxylation sites is 3. The molecule has 0 saturated heterocycles. The third-order valence-corrected chi connectivity index (χ3v) is 6.84. The van der Waals surface area contributed by atoms with E-state index in [2.05, 4.69) is 15.0 Å². The van der Waals surface area contributed by atoms with Gasteiger partial charge >= 0.3 is 0 Å². The van der Waals surface area contributed by atoms with Crippen molar-refractivity contribution in [3.63, 3.8) is 0 Å². The fraction of sp³-hybridized carbons (Fsp3) is 0.167. The molecule has 4 aromatic rings. The summed E-state index contributed by atoms with van der Waals surface area (Å²) in [5, 5.41) is 14.0. The molecule has 0 aliphatic heterocycles. The second kappa shape index (κ2) is 9.94. The average Bonchev–Trinajstić information content (AvgIpc) is 3.21. The lowest BCUT2D eigenvalue weighted by molar-refractivity contribution is -0.387. The quantitative estimate of drug-likeness (QED) is 0.270. The van der Waals surface area contributed by atoms with Gasteiger partial charge < -0.3 is 9.88 Å². The van der Waals surface area contributed by atoms with E-state index < -0.39 is 25.5 Å². The van der Waals surface area contributed by atoms with Gasteiger partial charge in [0.2, 0.25) is 5.91 Å². The molecular formula is C24H23N5O5S. The number of hydrogen-bond donors (Lipinski definition) is 2. The number of carbonyl (C=O) groups excluding carboxylic acids is 1. The number of nitrogens with one attached hydrogen (secondary N) is 2. The molecule has 0 atom stereocenters. The Hall–Kier alpha value is -4.25. The van der Waals surface area contributed by atoms with Crippen LogP contribution in [0, 0.1) is 10.1 Å². The van der Waals surface area contributed by atoms with Gasteiger partial charge in [-0.1, -0.05) is 36.4 Å². The van der Waals surface area contributed by atoms with Gasteiger partial charge in [-0.25, -0.2) is 13.4 Å². The van der Waals surface area contributed by atoms with Crippen molar-refractivity contribution in [2.75, 3.05) is 4.72 Å². The SMILES string of the molecule is CCn1c(CNC(=O)Cc2ccc(NS(=O)(=O)c3ccccc3[N+](=O)[O-])cc2)nc2ccccc21. The van der Waals surface area contributed by atoms with Crippen molar-refractivity contribution in [2.45, 2.75) is 31.3 Å². The standard InChI is InChI=1S/C24H23N5O5S/c1-2-28-20-8-4-3-7-19(20)26-23(28)16-25-24(30)15-17-11-13-18(14-12-17)27-35(33,34)22-10-6-5-9-21(22)29(31)32/h3-14,27H,2,15-16H2,1H3,(H,25,30). The molecule has 35 heavy (non-hydrogen) atoms. The maximum absolute atomic E-state index is 12.6. The number of imidazole rings is 1. The smallest absolute Gasteiger partial charge is 0.289 e. The first-order valence-electron chi connectivity index (χ1n) is 10.8. The zero-order chi connectivity index (χ0) is 25.0. The van der Waals surface area contributed by atoms with Gasteiger partial charge in [0.1, 0.15) is 5.82 Å². The second-order valence-corrected chi connectivity index (χ2v) is 9.39. The summed E-state index contributed by atoms with van der Waals surface area (Å²) in [4.78, 5) is 27.1. The van der Waals surface area contributed by atoms with Crippen LogP contribution in [0.1, 0.15) is 18.3 Å². The normalized spacial score (nSPS) is 11.3. The number of nitro groups is 1. The summed E-state index contributed by atoms with van der Waals surface area (Å²) in [6.07, 6.45) is 0.101. The molecular weight excluding hydrogens is 470 g/mol. The van der Waals surface area contributed by atoms with Crippen molar-refractivity contribution in [2.24, 2.45) is 0 Å². The first-order valence-corrected chi connectivity index (χ1v) is 12.3. The van der Waals surface area contributed by atoms with Gasteiger partial charge in [-0.3, -0.25) is 19.6 Å². The highest BCUT2D eigenvalue weighted by molar-refractivity contribution is 7.92. The van der Waals surface area contributed by atoms with Gasteiger partial charge in [-0.05, 0) is 42.8 Å². The monoisotopic (exact) mass is 493 g/mol. The summed E-state index contributed by atoms with van der Waals surface area (Å²) in [6, 6.07) is 19.2. The molecule has 1 amide bonds. The predicted octanol–water partition coefficient (Wildman–Crippen LogP) is 3.62. The van der Waals surface area contributed by atoms with Gasteiger partial charge in [-0.2, -0.15) is 0 Å². The van der Waals surface area contributed by atoms with Crippen molar-refractivity contribution in [1.29, 1.82) is 0 Å². The van der Waals surface area contributed by atoms with E-state index >= 15 is 0 Å². The Morgan fingerprint density at radius 3 is 2.43 bits per heavy atom. The molecule has 180 valence electrons. The number of hydrogen-bond acceptors (Lipinski definition) is 6. The highest BCUT2D eigenvalue weighted by atomic mass is 32.2. The van der Waals surface area contributed by atoms with Crippen molar-refractivity contribution < 1.29 is 18.1 Å². The fourth-order valence-electron chi connectivity index (χ4n) is 3.77. The number of benzene rings is 3. The number of nitro benzene ring substituents is 1. The lowest BCUT2D eigenvalue weighted by atomic mass is 10.1. The van der Waals surface area contributed by atoms with E-state index in [-0.39, 0.29) is 24.6 Å². The zero-order valence-corrected chi connectivity index (χ0v) is 19.7. The zero-order valence-electron chi connectivity index (χ0n) is 18.8. The molecule has 0 saturated carbocycles. The summed E-state index contributed by atoms with van der Waals surface area (Å²) >= 11 is 0. The number of carbonyl (C=O) groups is 1. The van der Waals surface area contributed by atoms with Crippen LogP contribution in [0.4, 0.5) is 11.4 Å². The van der Waals surface area contributed by atoms with Gasteiger partial charge in [0, 0.05) is 18.3 Å². The molecule has 1 heterocycles. The number of fused-ring (bicyclic) bond motifs is 1. The van der Waals surface area contributed by atoms with Crippen molar-refractivity contribution >= 4 is 38.3 Å². The number of nitrogens with zero attached hydrogens (tertiary/aromatic N) is 3. The maximum Gasteiger partial charge on any atom is 0.289 e. The lowest BCUT2D eigenvalue weighted by Gasteiger charge is -2.10. The van der Waals surface area contributed by atoms with Crippen LogP contribution in [-0.2, 0) is 34.3 Å². The number of anilines is 1. The van der Waals surface area contributed by atoms with Gasteiger partial charge in [0.15, 0.2) is 4.90 Å². The summed E-state index contributed by atoms with van der Waals surface area (Å²) in [5.41, 5.74) is 2.28. The minimum absolute atomic E-state index is 0.101. The third kappa shape index (κ3) is 5.30. The van der Waals surface area contributed by atoms with E-state index in [1.54, 1.807) is 12.1 Å². The summed E-state index contributed by atoms with van der Waals surface area (Å²) in [7, 11) is -4.16. The van der Waals surface area contributed by atoms with E-state index in [9.17, 15) is 23.3 Å². The maximum atomic E-state index is 12.6. The summed E-state index contributed by atoms with van der Waals surface area (Å²) in [5.74, 6) is 0.565. The van der Waals surface area contributed by atoms with Crippen LogP contribution in [-0.4, -0.2) is 28.8 Å².